The minimum atomic E-state index is -0.444. The van der Waals surface area contributed by atoms with Gasteiger partial charge in [-0.05, 0) is 19.4 Å². The van der Waals surface area contributed by atoms with Crippen molar-refractivity contribution in [1.82, 2.24) is 19.9 Å². The number of hydrogen-bond acceptors (Lipinski definition) is 5. The molecule has 3 heterocycles. The summed E-state index contributed by atoms with van der Waals surface area (Å²) in [5, 5.41) is 13.5. The summed E-state index contributed by atoms with van der Waals surface area (Å²) in [6, 6.07) is 1.55. The molecular weight excluding hydrogens is 292 g/mol. The van der Waals surface area contributed by atoms with E-state index in [1.807, 2.05) is 0 Å². The maximum absolute atomic E-state index is 12.2. The van der Waals surface area contributed by atoms with Gasteiger partial charge in [-0.25, -0.2) is 9.97 Å². The number of aliphatic hydroxyl groups excluding tert-OH is 1. The van der Waals surface area contributed by atoms with Crippen LogP contribution in [0.1, 0.15) is 19.3 Å². The number of hydrogen-bond donors (Lipinski definition) is 2. The minimum Gasteiger partial charge on any atom is -0.391 e. The number of pyridine rings is 1. The van der Waals surface area contributed by atoms with E-state index in [-0.39, 0.29) is 18.4 Å². The molecule has 0 bridgehead atoms. The quantitative estimate of drug-likeness (QED) is 0.829. The van der Waals surface area contributed by atoms with Crippen LogP contribution in [0.5, 0.6) is 0 Å². The first-order valence-corrected chi connectivity index (χ1v) is 7.41. The lowest BCUT2D eigenvalue weighted by molar-refractivity contribution is -0.121. The molecule has 0 amide bonds. The zero-order valence-electron chi connectivity index (χ0n) is 11.5. The third-order valence-corrected chi connectivity index (χ3v) is 4.02. The van der Waals surface area contributed by atoms with Crippen LogP contribution in [-0.4, -0.2) is 44.1 Å². The molecule has 1 aliphatic rings. The highest BCUT2D eigenvalue weighted by Crippen LogP contribution is 2.17. The van der Waals surface area contributed by atoms with Gasteiger partial charge in [0.15, 0.2) is 5.78 Å². The number of ketones is 1. The van der Waals surface area contributed by atoms with E-state index >= 15 is 0 Å². The number of aliphatic hydroxyl groups is 1. The van der Waals surface area contributed by atoms with Gasteiger partial charge in [-0.15, -0.1) is 0 Å². The predicted octanol–water partition coefficient (Wildman–Crippen LogP) is 1.16. The Balaban J connectivity index is 1.70. The second-order valence-electron chi connectivity index (χ2n) is 5.38. The van der Waals surface area contributed by atoms with Crippen LogP contribution in [0.4, 0.5) is 0 Å². The first kappa shape index (κ1) is 14.4. The predicted molar refractivity (Wildman–Crippen MR) is 79.2 cm³/mol. The molecule has 3 rings (SSSR count). The van der Waals surface area contributed by atoms with Gasteiger partial charge < -0.3 is 15.0 Å². The monoisotopic (exact) mass is 308 g/mol. The van der Waals surface area contributed by atoms with E-state index in [2.05, 4.69) is 15.3 Å². The summed E-state index contributed by atoms with van der Waals surface area (Å²) in [6.07, 6.45) is 4.78. The van der Waals surface area contributed by atoms with Crippen molar-refractivity contribution < 1.29 is 9.90 Å². The highest BCUT2D eigenvalue weighted by molar-refractivity contribution is 6.29. The van der Waals surface area contributed by atoms with Gasteiger partial charge in [-0.1, -0.05) is 11.6 Å². The molecule has 2 N–H and O–H groups in total. The first-order valence-electron chi connectivity index (χ1n) is 7.03. The van der Waals surface area contributed by atoms with Crippen LogP contribution in [0.25, 0.3) is 11.0 Å². The summed E-state index contributed by atoms with van der Waals surface area (Å²) in [5.74, 6) is 0.0562. The Labute approximate surface area is 127 Å². The summed E-state index contributed by atoms with van der Waals surface area (Å²) in [6.45, 7) is 1.08. The average molecular weight is 309 g/mol. The van der Waals surface area contributed by atoms with Crippen molar-refractivity contribution in [3.63, 3.8) is 0 Å². The van der Waals surface area contributed by atoms with Gasteiger partial charge in [0.25, 0.3) is 0 Å². The van der Waals surface area contributed by atoms with E-state index in [0.717, 1.165) is 24.9 Å². The van der Waals surface area contributed by atoms with Gasteiger partial charge in [-0.2, -0.15) is 0 Å². The second-order valence-corrected chi connectivity index (χ2v) is 5.77. The van der Waals surface area contributed by atoms with Gasteiger partial charge in [0.1, 0.15) is 10.7 Å². The van der Waals surface area contributed by atoms with Crippen molar-refractivity contribution in [2.24, 2.45) is 0 Å². The van der Waals surface area contributed by atoms with E-state index < -0.39 is 6.10 Å². The Kier molecular flexibility index (Phi) is 4.19. The molecule has 0 aromatic carbocycles. The molecule has 2 aromatic rings. The Morgan fingerprint density at radius 3 is 3.19 bits per heavy atom. The summed E-state index contributed by atoms with van der Waals surface area (Å²) >= 11 is 5.88. The van der Waals surface area contributed by atoms with Crippen molar-refractivity contribution in [3.8, 4) is 0 Å². The van der Waals surface area contributed by atoms with Gasteiger partial charge in [0, 0.05) is 18.5 Å². The lowest BCUT2D eigenvalue weighted by Crippen LogP contribution is -2.46. The van der Waals surface area contributed by atoms with E-state index in [1.54, 1.807) is 23.2 Å². The number of Topliss-reactive ketones (excluding diaryl/α,β-unsaturated/α-hetero) is 1. The lowest BCUT2D eigenvalue weighted by atomic mass is 9.97. The fourth-order valence-corrected chi connectivity index (χ4v) is 2.86. The lowest BCUT2D eigenvalue weighted by Gasteiger charge is -2.28. The number of carbonyl (C=O) groups is 1. The second kappa shape index (κ2) is 6.09. The van der Waals surface area contributed by atoms with Crippen LogP contribution in [0.2, 0.25) is 5.15 Å². The van der Waals surface area contributed by atoms with E-state index in [9.17, 15) is 9.90 Å². The number of nitrogens with zero attached hydrogens (tertiary/aromatic N) is 3. The molecule has 6 nitrogen and oxygen atoms in total. The molecule has 1 saturated heterocycles. The number of piperidine rings is 1. The molecule has 0 unspecified atom stereocenters. The molecule has 1 aliphatic heterocycles. The number of nitrogens with one attached hydrogen (secondary N) is 1. The van der Waals surface area contributed by atoms with Crippen LogP contribution in [0, 0.1) is 0 Å². The van der Waals surface area contributed by atoms with Crippen LogP contribution < -0.4 is 5.32 Å². The molecule has 112 valence electrons. The molecule has 0 saturated carbocycles. The summed E-state index contributed by atoms with van der Waals surface area (Å²) in [7, 11) is 0. The molecule has 2 aromatic heterocycles. The maximum atomic E-state index is 12.2. The molecule has 0 spiro atoms. The van der Waals surface area contributed by atoms with Crippen molar-refractivity contribution in [2.45, 2.75) is 38.0 Å². The Bertz CT molecular complexity index is 657. The van der Waals surface area contributed by atoms with Gasteiger partial charge in [0.2, 0.25) is 0 Å². The SMILES string of the molecule is O=C(C[C@H]1NCCC[C@@H]1O)Cn1cnc2cnc(Cl)cc21. The van der Waals surface area contributed by atoms with Crippen LogP contribution in [0.15, 0.2) is 18.6 Å². The van der Waals surface area contributed by atoms with Gasteiger partial charge in [0.05, 0.1) is 30.7 Å². The number of aromatic nitrogens is 3. The number of fused-ring (bicyclic) bond motifs is 1. The Morgan fingerprint density at radius 1 is 1.52 bits per heavy atom. The zero-order chi connectivity index (χ0) is 14.8. The third-order valence-electron chi connectivity index (χ3n) is 3.82. The van der Waals surface area contributed by atoms with E-state index in [0.29, 0.717) is 17.1 Å². The highest BCUT2D eigenvalue weighted by atomic mass is 35.5. The highest BCUT2D eigenvalue weighted by Gasteiger charge is 2.24. The minimum absolute atomic E-state index is 0.0562. The molecule has 2 atom stereocenters. The zero-order valence-corrected chi connectivity index (χ0v) is 12.3. The molecule has 0 radical (unpaired) electrons. The van der Waals surface area contributed by atoms with Crippen LogP contribution >= 0.6 is 11.6 Å². The molecule has 1 fully saturated rings. The Hall–Kier alpha value is -1.50. The first-order chi connectivity index (χ1) is 10.1. The van der Waals surface area contributed by atoms with Gasteiger partial charge >= 0.3 is 0 Å². The third kappa shape index (κ3) is 3.23. The average Bonchev–Trinajstić information content (AvgIpc) is 2.84. The van der Waals surface area contributed by atoms with Crippen LogP contribution in [-0.2, 0) is 11.3 Å². The standard InChI is InChI=1S/C14H17ClN4O2/c15-14-5-12-11(6-17-14)18-8-19(12)7-9(20)4-10-13(21)2-1-3-16-10/h5-6,8,10,13,16,21H,1-4,7H2/t10-,13+/m1/s1. The Morgan fingerprint density at radius 2 is 2.38 bits per heavy atom. The fraction of sp³-hybridized carbons (Fsp3) is 0.500. The van der Waals surface area contributed by atoms with E-state index in [4.69, 9.17) is 11.6 Å². The van der Waals surface area contributed by atoms with Crippen molar-refractivity contribution in [3.05, 3.63) is 23.7 Å². The molecular formula is C14H17ClN4O2. The summed E-state index contributed by atoms with van der Waals surface area (Å²) < 4.78 is 1.76. The summed E-state index contributed by atoms with van der Waals surface area (Å²) in [4.78, 5) is 20.4. The van der Waals surface area contributed by atoms with Gasteiger partial charge in [-0.3, -0.25) is 4.79 Å². The van der Waals surface area contributed by atoms with Crippen molar-refractivity contribution >= 4 is 28.4 Å². The smallest absolute Gasteiger partial charge is 0.154 e. The summed E-state index contributed by atoms with van der Waals surface area (Å²) in [5.41, 5.74) is 1.50. The maximum Gasteiger partial charge on any atom is 0.154 e. The number of imidazole rings is 1. The van der Waals surface area contributed by atoms with E-state index in [1.165, 1.54) is 0 Å². The fourth-order valence-electron chi connectivity index (χ4n) is 2.71. The molecule has 21 heavy (non-hydrogen) atoms. The molecule has 7 heteroatoms. The largest absolute Gasteiger partial charge is 0.391 e. The molecule has 0 aliphatic carbocycles. The normalized spacial score (nSPS) is 22.6. The number of carbonyl (C=O) groups excluding carboxylic acids is 1. The topological polar surface area (TPSA) is 80.0 Å². The number of rotatable bonds is 4. The van der Waals surface area contributed by atoms with Crippen molar-refractivity contribution in [1.29, 1.82) is 0 Å². The van der Waals surface area contributed by atoms with Crippen molar-refractivity contribution in [2.75, 3.05) is 6.54 Å². The number of halogens is 1. The van der Waals surface area contributed by atoms with Crippen LogP contribution in [0.3, 0.4) is 0 Å².